The smallest absolute Gasteiger partial charge is 0.322 e. The number of likely N-dealkylation sites (N-methyl/N-ethyl adjacent to an activating group) is 1. The van der Waals surface area contributed by atoms with Crippen molar-refractivity contribution in [1.29, 1.82) is 0 Å². The zero-order valence-corrected chi connectivity index (χ0v) is 8.90. The van der Waals surface area contributed by atoms with Crippen LogP contribution in [0.4, 0.5) is 10.6 Å². The molecule has 5 nitrogen and oxygen atoms in total. The molecule has 5 heteroatoms. The Bertz CT molecular complexity index is 341. The van der Waals surface area contributed by atoms with Gasteiger partial charge in [-0.2, -0.15) is 0 Å². The topological polar surface area (TPSA) is 65.5 Å². The summed E-state index contributed by atoms with van der Waals surface area (Å²) in [6.45, 7) is 2.11. The van der Waals surface area contributed by atoms with Gasteiger partial charge in [0.05, 0.1) is 6.61 Å². The number of hydrogen-bond donors (Lipinski definition) is 2. The first-order valence-corrected chi connectivity index (χ1v) is 4.70. The van der Waals surface area contributed by atoms with Gasteiger partial charge in [-0.25, -0.2) is 9.78 Å². The normalized spacial score (nSPS) is 9.80. The maximum Gasteiger partial charge on any atom is 0.322 e. The highest BCUT2D eigenvalue weighted by Crippen LogP contribution is 2.04. The van der Waals surface area contributed by atoms with Gasteiger partial charge >= 0.3 is 6.03 Å². The number of carbonyl (C=O) groups is 1. The van der Waals surface area contributed by atoms with E-state index < -0.39 is 0 Å². The number of urea groups is 1. The van der Waals surface area contributed by atoms with Crippen LogP contribution in [0.1, 0.15) is 5.69 Å². The molecule has 0 aliphatic carbocycles. The standard InChI is InChI=1S/C10H15N3O2/c1-8-4-3-5-9(11-8)12-10(15)13(2)6-7-14/h3-5,14H,6-7H2,1-2H3,(H,11,12,15). The SMILES string of the molecule is Cc1cccc(NC(=O)N(C)CCO)n1. The van der Waals surface area contributed by atoms with Crippen LogP contribution in [0.15, 0.2) is 18.2 Å². The number of anilines is 1. The summed E-state index contributed by atoms with van der Waals surface area (Å²) >= 11 is 0. The van der Waals surface area contributed by atoms with E-state index in [9.17, 15) is 4.79 Å². The third-order valence-electron chi connectivity index (χ3n) is 1.91. The first-order chi connectivity index (χ1) is 7.13. The van der Waals surface area contributed by atoms with Crippen molar-refractivity contribution in [3.05, 3.63) is 23.9 Å². The number of nitrogens with one attached hydrogen (secondary N) is 1. The molecule has 0 aliphatic heterocycles. The van der Waals surface area contributed by atoms with Crippen LogP contribution in [0.3, 0.4) is 0 Å². The molecule has 0 atom stereocenters. The molecule has 1 heterocycles. The van der Waals surface area contributed by atoms with Gasteiger partial charge in [0.2, 0.25) is 0 Å². The van der Waals surface area contributed by atoms with Gasteiger partial charge in [-0.05, 0) is 19.1 Å². The molecule has 2 amide bonds. The minimum Gasteiger partial charge on any atom is -0.395 e. The molecular formula is C10H15N3O2. The van der Waals surface area contributed by atoms with Gasteiger partial charge in [-0.1, -0.05) is 6.07 Å². The van der Waals surface area contributed by atoms with Gasteiger partial charge in [-0.3, -0.25) is 5.32 Å². The first-order valence-electron chi connectivity index (χ1n) is 4.70. The highest BCUT2D eigenvalue weighted by atomic mass is 16.3. The van der Waals surface area contributed by atoms with Crippen LogP contribution in [0, 0.1) is 6.92 Å². The number of aliphatic hydroxyl groups is 1. The Morgan fingerprint density at radius 2 is 2.33 bits per heavy atom. The summed E-state index contributed by atoms with van der Waals surface area (Å²) in [7, 11) is 1.61. The minimum absolute atomic E-state index is 0.0504. The molecule has 1 aromatic rings. The van der Waals surface area contributed by atoms with Crippen LogP contribution in [0.25, 0.3) is 0 Å². The van der Waals surface area contributed by atoms with Crippen LogP contribution in [0.2, 0.25) is 0 Å². The molecule has 0 bridgehead atoms. The van der Waals surface area contributed by atoms with Gasteiger partial charge in [0.1, 0.15) is 5.82 Å². The lowest BCUT2D eigenvalue weighted by Crippen LogP contribution is -2.33. The fraction of sp³-hybridized carbons (Fsp3) is 0.400. The Morgan fingerprint density at radius 3 is 2.93 bits per heavy atom. The van der Waals surface area contributed by atoms with E-state index in [4.69, 9.17) is 5.11 Å². The molecule has 0 radical (unpaired) electrons. The Kier molecular flexibility index (Phi) is 4.05. The molecule has 2 N–H and O–H groups in total. The second-order valence-electron chi connectivity index (χ2n) is 3.24. The van der Waals surface area contributed by atoms with Crippen LogP contribution >= 0.6 is 0 Å². The zero-order chi connectivity index (χ0) is 11.3. The van der Waals surface area contributed by atoms with Crippen molar-refractivity contribution in [2.45, 2.75) is 6.92 Å². The van der Waals surface area contributed by atoms with Gasteiger partial charge < -0.3 is 10.0 Å². The number of pyridine rings is 1. The Balaban J connectivity index is 2.58. The fourth-order valence-corrected chi connectivity index (χ4v) is 1.07. The molecule has 0 aromatic carbocycles. The van der Waals surface area contributed by atoms with Gasteiger partial charge in [-0.15, -0.1) is 0 Å². The number of rotatable bonds is 3. The van der Waals surface area contributed by atoms with Crippen molar-refractivity contribution in [2.75, 3.05) is 25.5 Å². The number of aryl methyl sites for hydroxylation is 1. The van der Waals surface area contributed by atoms with Crippen molar-refractivity contribution in [3.8, 4) is 0 Å². The highest BCUT2D eigenvalue weighted by molar-refractivity contribution is 5.88. The van der Waals surface area contributed by atoms with E-state index >= 15 is 0 Å². The lowest BCUT2D eigenvalue weighted by molar-refractivity contribution is 0.202. The number of carbonyl (C=O) groups excluding carboxylic acids is 1. The molecule has 0 fully saturated rings. The lowest BCUT2D eigenvalue weighted by Gasteiger charge is -2.16. The van der Waals surface area contributed by atoms with E-state index in [-0.39, 0.29) is 12.6 Å². The maximum atomic E-state index is 11.5. The molecule has 15 heavy (non-hydrogen) atoms. The van der Waals surface area contributed by atoms with E-state index in [0.717, 1.165) is 5.69 Å². The first kappa shape index (κ1) is 11.5. The molecule has 0 saturated carbocycles. The van der Waals surface area contributed by atoms with E-state index in [1.54, 1.807) is 13.1 Å². The number of nitrogens with zero attached hydrogens (tertiary/aromatic N) is 2. The zero-order valence-electron chi connectivity index (χ0n) is 8.90. The van der Waals surface area contributed by atoms with E-state index in [2.05, 4.69) is 10.3 Å². The molecule has 82 valence electrons. The van der Waals surface area contributed by atoms with E-state index in [0.29, 0.717) is 12.4 Å². The second-order valence-corrected chi connectivity index (χ2v) is 3.24. The average molecular weight is 209 g/mol. The van der Waals surface area contributed by atoms with Crippen LogP contribution in [-0.2, 0) is 0 Å². The summed E-state index contributed by atoms with van der Waals surface area (Å²) in [5, 5.41) is 11.3. The summed E-state index contributed by atoms with van der Waals surface area (Å²) in [6, 6.07) is 5.12. The van der Waals surface area contributed by atoms with Crippen LogP contribution < -0.4 is 5.32 Å². The highest BCUT2D eigenvalue weighted by Gasteiger charge is 2.07. The molecular weight excluding hydrogens is 194 g/mol. The maximum absolute atomic E-state index is 11.5. The van der Waals surface area contributed by atoms with Gasteiger partial charge in [0, 0.05) is 19.3 Å². The molecule has 1 rings (SSSR count). The lowest BCUT2D eigenvalue weighted by atomic mass is 10.4. The van der Waals surface area contributed by atoms with Crippen molar-refractivity contribution in [1.82, 2.24) is 9.88 Å². The van der Waals surface area contributed by atoms with E-state index in [1.807, 2.05) is 19.1 Å². The second kappa shape index (κ2) is 5.31. The van der Waals surface area contributed by atoms with Crippen molar-refractivity contribution >= 4 is 11.8 Å². The van der Waals surface area contributed by atoms with Gasteiger partial charge in [0.25, 0.3) is 0 Å². The predicted molar refractivity (Wildman–Crippen MR) is 57.7 cm³/mol. The molecule has 0 unspecified atom stereocenters. The Labute approximate surface area is 88.7 Å². The third kappa shape index (κ3) is 3.55. The Morgan fingerprint density at radius 1 is 1.60 bits per heavy atom. The van der Waals surface area contributed by atoms with Gasteiger partial charge in [0.15, 0.2) is 0 Å². The monoisotopic (exact) mass is 209 g/mol. The van der Waals surface area contributed by atoms with Crippen molar-refractivity contribution < 1.29 is 9.90 Å². The summed E-state index contributed by atoms with van der Waals surface area (Å²) in [4.78, 5) is 17.0. The Hall–Kier alpha value is -1.62. The van der Waals surface area contributed by atoms with E-state index in [1.165, 1.54) is 4.90 Å². The number of aromatic nitrogens is 1. The number of aliphatic hydroxyl groups excluding tert-OH is 1. The average Bonchev–Trinajstić information content (AvgIpc) is 2.18. The number of hydrogen-bond acceptors (Lipinski definition) is 3. The third-order valence-corrected chi connectivity index (χ3v) is 1.91. The number of amides is 2. The van der Waals surface area contributed by atoms with Crippen LogP contribution in [-0.4, -0.2) is 41.2 Å². The van der Waals surface area contributed by atoms with Crippen LogP contribution in [0.5, 0.6) is 0 Å². The summed E-state index contributed by atoms with van der Waals surface area (Å²) in [5.74, 6) is 0.518. The molecule has 0 spiro atoms. The summed E-state index contributed by atoms with van der Waals surface area (Å²) < 4.78 is 0. The minimum atomic E-state index is -0.276. The largest absolute Gasteiger partial charge is 0.395 e. The molecule has 0 aliphatic rings. The summed E-state index contributed by atoms with van der Waals surface area (Å²) in [5.41, 5.74) is 0.845. The summed E-state index contributed by atoms with van der Waals surface area (Å²) in [6.07, 6.45) is 0. The quantitative estimate of drug-likeness (QED) is 0.775. The predicted octanol–water partition coefficient (Wildman–Crippen LogP) is 0.846. The van der Waals surface area contributed by atoms with Crippen molar-refractivity contribution in [2.24, 2.45) is 0 Å². The molecule has 0 saturated heterocycles. The fourth-order valence-electron chi connectivity index (χ4n) is 1.07. The molecule has 1 aromatic heterocycles. The van der Waals surface area contributed by atoms with Crippen molar-refractivity contribution in [3.63, 3.8) is 0 Å².